The molecule has 2 saturated heterocycles. The molecule has 6 heteroatoms. The van der Waals surface area contributed by atoms with E-state index in [0.717, 1.165) is 25.1 Å². The molecule has 0 amide bonds. The van der Waals surface area contributed by atoms with Gasteiger partial charge in [-0.15, -0.1) is 0 Å². The van der Waals surface area contributed by atoms with Crippen LogP contribution in [0.25, 0.3) is 0 Å². The summed E-state index contributed by atoms with van der Waals surface area (Å²) in [5.74, 6) is 0.561. The molecular formula is C20H30F2N4. The van der Waals surface area contributed by atoms with Crippen LogP contribution in [-0.4, -0.2) is 62.1 Å². The van der Waals surface area contributed by atoms with E-state index in [2.05, 4.69) is 20.1 Å². The Kier molecular flexibility index (Phi) is 6.83. The fraction of sp³-hybridized carbons (Fsp3) is 0.650. The largest absolute Gasteiger partial charge is 0.356 e. The van der Waals surface area contributed by atoms with Gasteiger partial charge in [0.25, 0.3) is 0 Å². The minimum atomic E-state index is -0.535. The first-order valence-electron chi connectivity index (χ1n) is 9.77. The lowest BCUT2D eigenvalue weighted by atomic mass is 10.1. The number of aliphatic imine (C=N–C) groups is 1. The predicted molar refractivity (Wildman–Crippen MR) is 101 cm³/mol. The van der Waals surface area contributed by atoms with Crippen molar-refractivity contribution in [2.75, 3.05) is 46.3 Å². The molecule has 1 N–H and O–H groups in total. The molecule has 0 radical (unpaired) electrons. The number of rotatable bonds is 5. The summed E-state index contributed by atoms with van der Waals surface area (Å²) < 4.78 is 26.7. The maximum atomic E-state index is 13.7. The molecule has 2 fully saturated rings. The lowest BCUT2D eigenvalue weighted by Crippen LogP contribution is -2.42. The van der Waals surface area contributed by atoms with E-state index in [4.69, 9.17) is 0 Å². The summed E-state index contributed by atoms with van der Waals surface area (Å²) in [5, 5.41) is 3.33. The van der Waals surface area contributed by atoms with E-state index in [0.29, 0.717) is 24.4 Å². The van der Waals surface area contributed by atoms with E-state index in [1.54, 1.807) is 7.05 Å². The van der Waals surface area contributed by atoms with Gasteiger partial charge >= 0.3 is 0 Å². The standard InChI is InChI=1S/C20H30F2N4/c1-23-20(24-9-7-17-5-6-18(21)13-19(17)22)26-12-8-16(15-26)14-25-10-3-2-4-11-25/h5-6,13,16H,2-4,7-12,14-15H2,1H3,(H,23,24). The summed E-state index contributed by atoms with van der Waals surface area (Å²) >= 11 is 0. The average Bonchev–Trinajstić information content (AvgIpc) is 3.09. The van der Waals surface area contributed by atoms with Gasteiger partial charge in [0.2, 0.25) is 0 Å². The van der Waals surface area contributed by atoms with Gasteiger partial charge in [0.1, 0.15) is 11.6 Å². The van der Waals surface area contributed by atoms with Crippen molar-refractivity contribution in [2.45, 2.75) is 32.1 Å². The van der Waals surface area contributed by atoms with Crippen LogP contribution < -0.4 is 5.32 Å². The van der Waals surface area contributed by atoms with Gasteiger partial charge in [-0.25, -0.2) is 8.78 Å². The van der Waals surface area contributed by atoms with Crippen LogP contribution in [0.15, 0.2) is 23.2 Å². The molecule has 4 nitrogen and oxygen atoms in total. The summed E-state index contributed by atoms with van der Waals surface area (Å²) in [6.07, 6.45) is 5.75. The number of halogens is 2. The topological polar surface area (TPSA) is 30.9 Å². The van der Waals surface area contributed by atoms with E-state index >= 15 is 0 Å². The smallest absolute Gasteiger partial charge is 0.193 e. The fourth-order valence-corrected chi connectivity index (χ4v) is 4.05. The Morgan fingerprint density at radius 3 is 2.73 bits per heavy atom. The predicted octanol–water partition coefficient (Wildman–Crippen LogP) is 2.89. The van der Waals surface area contributed by atoms with Gasteiger partial charge in [-0.1, -0.05) is 12.5 Å². The number of nitrogens with one attached hydrogen (secondary N) is 1. The number of piperidine rings is 1. The van der Waals surface area contributed by atoms with Crippen molar-refractivity contribution >= 4 is 5.96 Å². The number of likely N-dealkylation sites (tertiary alicyclic amines) is 2. The fourth-order valence-electron chi connectivity index (χ4n) is 4.05. The summed E-state index contributed by atoms with van der Waals surface area (Å²) in [5.41, 5.74) is 0.527. The summed E-state index contributed by atoms with van der Waals surface area (Å²) in [4.78, 5) is 9.29. The molecule has 3 rings (SSSR count). The lowest BCUT2D eigenvalue weighted by Gasteiger charge is -2.29. The highest BCUT2D eigenvalue weighted by atomic mass is 19.1. The van der Waals surface area contributed by atoms with Gasteiger partial charge in [0.15, 0.2) is 5.96 Å². The van der Waals surface area contributed by atoms with Gasteiger partial charge in [-0.3, -0.25) is 4.99 Å². The maximum Gasteiger partial charge on any atom is 0.193 e. The lowest BCUT2D eigenvalue weighted by molar-refractivity contribution is 0.198. The van der Waals surface area contributed by atoms with Gasteiger partial charge in [-0.05, 0) is 56.3 Å². The molecule has 0 aromatic heterocycles. The van der Waals surface area contributed by atoms with E-state index < -0.39 is 11.6 Å². The Labute approximate surface area is 155 Å². The molecule has 26 heavy (non-hydrogen) atoms. The summed E-state index contributed by atoms with van der Waals surface area (Å²) in [7, 11) is 1.79. The number of guanidine groups is 1. The molecular weight excluding hydrogens is 334 g/mol. The quantitative estimate of drug-likeness (QED) is 0.644. The third kappa shape index (κ3) is 5.16. The second kappa shape index (κ2) is 9.31. The Morgan fingerprint density at radius 1 is 1.19 bits per heavy atom. The van der Waals surface area contributed by atoms with E-state index in [1.165, 1.54) is 57.5 Å². The summed E-state index contributed by atoms with van der Waals surface area (Å²) in [6.45, 7) is 6.31. The molecule has 0 spiro atoms. The molecule has 1 unspecified atom stereocenters. The summed E-state index contributed by atoms with van der Waals surface area (Å²) in [6, 6.07) is 3.76. The first-order valence-corrected chi connectivity index (χ1v) is 9.77. The molecule has 1 aromatic rings. The third-order valence-corrected chi connectivity index (χ3v) is 5.45. The average molecular weight is 364 g/mol. The van der Waals surface area contributed by atoms with Gasteiger partial charge in [0.05, 0.1) is 0 Å². The molecule has 0 aliphatic carbocycles. The minimum absolute atomic E-state index is 0.482. The van der Waals surface area contributed by atoms with E-state index in [1.807, 2.05) is 0 Å². The molecule has 1 aromatic carbocycles. The number of benzene rings is 1. The molecule has 2 aliphatic rings. The Bertz CT molecular complexity index is 614. The zero-order chi connectivity index (χ0) is 18.4. The van der Waals surface area contributed by atoms with Crippen molar-refractivity contribution in [2.24, 2.45) is 10.9 Å². The van der Waals surface area contributed by atoms with Crippen molar-refractivity contribution in [3.8, 4) is 0 Å². The zero-order valence-corrected chi connectivity index (χ0v) is 15.7. The number of hydrogen-bond donors (Lipinski definition) is 1. The Morgan fingerprint density at radius 2 is 2.00 bits per heavy atom. The van der Waals surface area contributed by atoms with Crippen LogP contribution in [0.3, 0.4) is 0 Å². The van der Waals surface area contributed by atoms with Crippen LogP contribution in [0.2, 0.25) is 0 Å². The SMILES string of the molecule is CN=C(NCCc1ccc(F)cc1F)N1CCC(CN2CCCCC2)C1. The van der Waals surface area contributed by atoms with Crippen molar-refractivity contribution in [1.82, 2.24) is 15.1 Å². The Hall–Kier alpha value is -1.69. The van der Waals surface area contributed by atoms with E-state index in [9.17, 15) is 8.78 Å². The highest BCUT2D eigenvalue weighted by Crippen LogP contribution is 2.20. The van der Waals surface area contributed by atoms with Crippen LogP contribution in [0, 0.1) is 17.6 Å². The molecule has 2 heterocycles. The van der Waals surface area contributed by atoms with Gasteiger partial charge in [0, 0.05) is 39.3 Å². The first-order chi connectivity index (χ1) is 12.7. The third-order valence-electron chi connectivity index (χ3n) is 5.45. The molecule has 2 aliphatic heterocycles. The van der Waals surface area contributed by atoms with Gasteiger partial charge in [-0.2, -0.15) is 0 Å². The molecule has 0 saturated carbocycles. The molecule has 1 atom stereocenters. The molecule has 0 bridgehead atoms. The van der Waals surface area contributed by atoms with Crippen molar-refractivity contribution in [1.29, 1.82) is 0 Å². The van der Waals surface area contributed by atoms with Crippen molar-refractivity contribution in [3.05, 3.63) is 35.4 Å². The zero-order valence-electron chi connectivity index (χ0n) is 15.7. The minimum Gasteiger partial charge on any atom is -0.356 e. The highest BCUT2D eigenvalue weighted by molar-refractivity contribution is 5.80. The normalized spacial score (nSPS) is 22.0. The molecule has 144 valence electrons. The second-order valence-electron chi connectivity index (χ2n) is 7.42. The number of hydrogen-bond acceptors (Lipinski definition) is 2. The van der Waals surface area contributed by atoms with Crippen molar-refractivity contribution < 1.29 is 8.78 Å². The van der Waals surface area contributed by atoms with Crippen LogP contribution in [0.4, 0.5) is 8.78 Å². The van der Waals surface area contributed by atoms with Crippen molar-refractivity contribution in [3.63, 3.8) is 0 Å². The van der Waals surface area contributed by atoms with Crippen LogP contribution in [-0.2, 0) is 6.42 Å². The van der Waals surface area contributed by atoms with Gasteiger partial charge < -0.3 is 15.1 Å². The van der Waals surface area contributed by atoms with Crippen LogP contribution in [0.5, 0.6) is 0 Å². The monoisotopic (exact) mass is 364 g/mol. The Balaban J connectivity index is 1.44. The first kappa shape index (κ1) is 19.1. The maximum absolute atomic E-state index is 13.7. The highest BCUT2D eigenvalue weighted by Gasteiger charge is 2.26. The second-order valence-corrected chi connectivity index (χ2v) is 7.42. The van der Waals surface area contributed by atoms with Crippen LogP contribution in [0.1, 0.15) is 31.2 Å². The number of nitrogens with zero attached hydrogens (tertiary/aromatic N) is 3. The van der Waals surface area contributed by atoms with E-state index in [-0.39, 0.29) is 0 Å². The van der Waals surface area contributed by atoms with Crippen LogP contribution >= 0.6 is 0 Å².